The molecule has 21 heavy (non-hydrogen) atoms. The summed E-state index contributed by atoms with van der Waals surface area (Å²) < 4.78 is 6.95. The molecule has 2 rings (SSSR count). The average molecular weight is 288 g/mol. The number of ether oxygens (including phenoxy) is 1. The Morgan fingerprint density at radius 3 is 2.76 bits per heavy atom. The zero-order chi connectivity index (χ0) is 14.9. The highest BCUT2D eigenvalue weighted by Gasteiger charge is 2.00. The Balaban J connectivity index is 1.85. The molecule has 6 nitrogen and oxygen atoms in total. The molecule has 1 aromatic heterocycles. The van der Waals surface area contributed by atoms with Crippen molar-refractivity contribution in [2.45, 2.75) is 6.54 Å². The molecule has 1 heterocycles. The minimum absolute atomic E-state index is 0.138. The predicted octanol–water partition coefficient (Wildman–Crippen LogP) is 0.954. The summed E-state index contributed by atoms with van der Waals surface area (Å²) in [7, 11) is 1.88. The van der Waals surface area contributed by atoms with Crippen molar-refractivity contribution in [1.82, 2.24) is 15.1 Å². The van der Waals surface area contributed by atoms with Crippen LogP contribution in [0.4, 0.5) is 5.69 Å². The fourth-order valence-corrected chi connectivity index (χ4v) is 1.80. The number of likely N-dealkylation sites (N-methyl/N-ethyl adjacent to an activating group) is 1. The number of hydrogen-bond donors (Lipinski definition) is 2. The minimum Gasteiger partial charge on any atom is -0.492 e. The number of nitrogens with one attached hydrogen (secondary N) is 2. The summed E-state index contributed by atoms with van der Waals surface area (Å²) in [6, 6.07) is 11.1. The van der Waals surface area contributed by atoms with E-state index in [0.717, 1.165) is 24.5 Å². The van der Waals surface area contributed by atoms with Crippen molar-refractivity contribution in [2.24, 2.45) is 0 Å². The Morgan fingerprint density at radius 1 is 1.24 bits per heavy atom. The van der Waals surface area contributed by atoms with Gasteiger partial charge in [-0.25, -0.2) is 4.68 Å². The summed E-state index contributed by atoms with van der Waals surface area (Å²) >= 11 is 0. The molecule has 0 atom stereocenters. The fourth-order valence-electron chi connectivity index (χ4n) is 1.80. The normalized spacial score (nSPS) is 10.3. The molecular weight excluding hydrogens is 268 g/mol. The lowest BCUT2D eigenvalue weighted by Crippen LogP contribution is -2.26. The maximum Gasteiger partial charge on any atom is 0.268 e. The Bertz CT molecular complexity index is 598. The Hall–Kier alpha value is -2.34. The molecule has 0 fully saturated rings. The van der Waals surface area contributed by atoms with Gasteiger partial charge in [0.15, 0.2) is 0 Å². The maximum atomic E-state index is 11.9. The van der Waals surface area contributed by atoms with Gasteiger partial charge in [-0.15, -0.1) is 0 Å². The van der Waals surface area contributed by atoms with Crippen LogP contribution in [0.3, 0.4) is 0 Å². The molecule has 0 aliphatic heterocycles. The van der Waals surface area contributed by atoms with E-state index in [1.54, 1.807) is 12.3 Å². The fraction of sp³-hybridized carbons (Fsp3) is 0.333. The van der Waals surface area contributed by atoms with E-state index in [4.69, 9.17) is 4.74 Å². The number of benzene rings is 1. The van der Waals surface area contributed by atoms with Gasteiger partial charge in [-0.2, -0.15) is 5.10 Å². The average Bonchev–Trinajstić information content (AvgIpc) is 2.51. The number of hydrogen-bond acceptors (Lipinski definition) is 5. The Kier molecular flexibility index (Phi) is 5.78. The van der Waals surface area contributed by atoms with Crippen molar-refractivity contribution < 1.29 is 4.74 Å². The third-order valence-electron chi connectivity index (χ3n) is 2.89. The van der Waals surface area contributed by atoms with E-state index < -0.39 is 0 Å². The second-order valence-electron chi connectivity index (χ2n) is 4.50. The molecule has 0 aliphatic carbocycles. The summed E-state index contributed by atoms with van der Waals surface area (Å²) in [5.74, 6) is 0.788. The molecule has 0 saturated carbocycles. The monoisotopic (exact) mass is 288 g/mol. The first kappa shape index (κ1) is 15.1. The Labute approximate surface area is 123 Å². The standard InChI is InChI=1S/C15H20N4O2/c1-16-7-8-17-13-11-15(20)19(18-12-13)9-10-21-14-5-3-2-4-6-14/h2-6,11-12,16-17H,7-10H2,1H3. The number of rotatable bonds is 8. The van der Waals surface area contributed by atoms with Gasteiger partial charge in [-0.05, 0) is 19.2 Å². The van der Waals surface area contributed by atoms with Crippen molar-refractivity contribution >= 4 is 5.69 Å². The topological polar surface area (TPSA) is 68.2 Å². The van der Waals surface area contributed by atoms with Crippen molar-refractivity contribution in [2.75, 3.05) is 32.1 Å². The molecule has 2 aromatic rings. The van der Waals surface area contributed by atoms with Crippen LogP contribution in [0.5, 0.6) is 5.75 Å². The van der Waals surface area contributed by atoms with Gasteiger partial charge in [0.2, 0.25) is 0 Å². The van der Waals surface area contributed by atoms with Crippen molar-refractivity contribution in [3.8, 4) is 5.75 Å². The molecule has 0 radical (unpaired) electrons. The highest BCUT2D eigenvalue weighted by Crippen LogP contribution is 2.07. The van der Waals surface area contributed by atoms with Crippen LogP contribution in [0.25, 0.3) is 0 Å². The third kappa shape index (κ3) is 4.92. The molecule has 6 heteroatoms. The summed E-state index contributed by atoms with van der Waals surface area (Å²) in [5, 5.41) is 10.3. The molecular formula is C15H20N4O2. The van der Waals surface area contributed by atoms with E-state index >= 15 is 0 Å². The summed E-state index contributed by atoms with van der Waals surface area (Å²) in [4.78, 5) is 11.9. The van der Waals surface area contributed by atoms with Gasteiger partial charge in [0.25, 0.3) is 5.56 Å². The zero-order valence-electron chi connectivity index (χ0n) is 12.1. The quantitative estimate of drug-likeness (QED) is 0.708. The predicted molar refractivity (Wildman–Crippen MR) is 82.9 cm³/mol. The first-order valence-electron chi connectivity index (χ1n) is 6.93. The Morgan fingerprint density at radius 2 is 2.05 bits per heavy atom. The largest absolute Gasteiger partial charge is 0.492 e. The first-order chi connectivity index (χ1) is 10.3. The molecule has 2 N–H and O–H groups in total. The van der Waals surface area contributed by atoms with E-state index in [1.807, 2.05) is 37.4 Å². The lowest BCUT2D eigenvalue weighted by atomic mass is 10.3. The van der Waals surface area contributed by atoms with Crippen molar-refractivity contribution in [3.63, 3.8) is 0 Å². The number of anilines is 1. The number of nitrogens with zero attached hydrogens (tertiary/aromatic N) is 2. The second-order valence-corrected chi connectivity index (χ2v) is 4.50. The molecule has 0 aliphatic rings. The lowest BCUT2D eigenvalue weighted by Gasteiger charge is -2.09. The van der Waals surface area contributed by atoms with Crippen LogP contribution in [0.1, 0.15) is 0 Å². The summed E-state index contributed by atoms with van der Waals surface area (Å²) in [6.07, 6.45) is 1.65. The van der Waals surface area contributed by atoms with Crippen LogP contribution in [-0.2, 0) is 6.54 Å². The van der Waals surface area contributed by atoms with E-state index in [1.165, 1.54) is 4.68 Å². The number of para-hydroxylation sites is 1. The van der Waals surface area contributed by atoms with Gasteiger partial charge in [0.1, 0.15) is 12.4 Å². The van der Waals surface area contributed by atoms with Crippen molar-refractivity contribution in [3.05, 3.63) is 52.9 Å². The van der Waals surface area contributed by atoms with Crippen molar-refractivity contribution in [1.29, 1.82) is 0 Å². The van der Waals surface area contributed by atoms with Crippen LogP contribution >= 0.6 is 0 Å². The summed E-state index contributed by atoms with van der Waals surface area (Å²) in [5.41, 5.74) is 0.594. The molecule has 0 amide bonds. The van der Waals surface area contributed by atoms with Crippen LogP contribution < -0.4 is 20.9 Å². The van der Waals surface area contributed by atoms with Gasteiger partial charge in [0.05, 0.1) is 18.4 Å². The highest BCUT2D eigenvalue weighted by atomic mass is 16.5. The lowest BCUT2D eigenvalue weighted by molar-refractivity contribution is 0.288. The highest BCUT2D eigenvalue weighted by molar-refractivity contribution is 5.38. The molecule has 0 saturated heterocycles. The molecule has 1 aromatic carbocycles. The zero-order valence-corrected chi connectivity index (χ0v) is 12.1. The van der Waals surface area contributed by atoms with Gasteiger partial charge < -0.3 is 15.4 Å². The smallest absolute Gasteiger partial charge is 0.268 e. The van der Waals surface area contributed by atoms with Crippen LogP contribution in [0.2, 0.25) is 0 Å². The van der Waals surface area contributed by atoms with Crippen LogP contribution in [0, 0.1) is 0 Å². The van der Waals surface area contributed by atoms with E-state index in [2.05, 4.69) is 15.7 Å². The van der Waals surface area contributed by atoms with Gasteiger partial charge in [-0.1, -0.05) is 18.2 Å². The first-order valence-corrected chi connectivity index (χ1v) is 6.93. The minimum atomic E-state index is -0.138. The molecule has 0 spiro atoms. The molecule has 0 unspecified atom stereocenters. The molecule has 112 valence electrons. The summed E-state index contributed by atoms with van der Waals surface area (Å²) in [6.45, 7) is 2.40. The molecule has 0 bridgehead atoms. The van der Waals surface area contributed by atoms with Crippen LogP contribution in [0.15, 0.2) is 47.4 Å². The number of aromatic nitrogens is 2. The van der Waals surface area contributed by atoms with Gasteiger partial charge >= 0.3 is 0 Å². The van der Waals surface area contributed by atoms with E-state index in [-0.39, 0.29) is 5.56 Å². The van der Waals surface area contributed by atoms with E-state index in [0.29, 0.717) is 13.2 Å². The second kappa shape index (κ2) is 8.06. The van der Waals surface area contributed by atoms with Gasteiger partial charge in [0, 0.05) is 19.2 Å². The third-order valence-corrected chi connectivity index (χ3v) is 2.89. The maximum absolute atomic E-state index is 11.9. The van der Waals surface area contributed by atoms with Gasteiger partial charge in [-0.3, -0.25) is 4.79 Å². The SMILES string of the molecule is CNCCNc1cnn(CCOc2ccccc2)c(=O)c1. The van der Waals surface area contributed by atoms with E-state index in [9.17, 15) is 4.79 Å². The van der Waals surface area contributed by atoms with Crippen LogP contribution in [-0.4, -0.2) is 36.5 Å².